The largest absolute Gasteiger partial charge is 0.481 e. The molecule has 0 amide bonds. The van der Waals surface area contributed by atoms with Gasteiger partial charge in [0.25, 0.3) is 0 Å². The maximum absolute atomic E-state index is 11.4. The predicted octanol–water partition coefficient (Wildman–Crippen LogP) is 2.80. The molecule has 3 rings (SSSR count). The minimum atomic E-state index is -0.775. The molecule has 1 saturated carbocycles. The van der Waals surface area contributed by atoms with Crippen LogP contribution in [0.15, 0.2) is 16.2 Å². The van der Waals surface area contributed by atoms with Crippen LogP contribution >= 0.6 is 11.3 Å². The first-order chi connectivity index (χ1) is 9.69. The van der Waals surface area contributed by atoms with E-state index in [-0.39, 0.29) is 5.92 Å². The molecule has 106 valence electrons. The zero-order valence-electron chi connectivity index (χ0n) is 11.0. The van der Waals surface area contributed by atoms with Crippen molar-refractivity contribution in [2.75, 3.05) is 0 Å². The molecule has 2 aromatic heterocycles. The molecular formula is C13H15N3O3S. The van der Waals surface area contributed by atoms with Crippen LogP contribution in [0.25, 0.3) is 10.7 Å². The molecule has 2 aromatic rings. The van der Waals surface area contributed by atoms with Crippen LogP contribution in [0.3, 0.4) is 0 Å². The van der Waals surface area contributed by atoms with Gasteiger partial charge in [-0.15, -0.1) is 11.3 Å². The number of aromatic nitrogens is 3. The van der Waals surface area contributed by atoms with Crippen molar-refractivity contribution in [3.63, 3.8) is 0 Å². The van der Waals surface area contributed by atoms with Crippen molar-refractivity contribution >= 4 is 17.3 Å². The number of carboxylic acid groups (broad SMARTS) is 1. The molecule has 0 aliphatic heterocycles. The Hall–Kier alpha value is -1.76. The first-order valence-corrected chi connectivity index (χ1v) is 7.52. The van der Waals surface area contributed by atoms with Crippen molar-refractivity contribution in [2.24, 2.45) is 11.8 Å². The summed E-state index contributed by atoms with van der Waals surface area (Å²) in [5, 5.41) is 13.3. The smallest absolute Gasteiger partial charge is 0.307 e. The van der Waals surface area contributed by atoms with Crippen molar-refractivity contribution in [1.82, 2.24) is 15.1 Å². The minimum Gasteiger partial charge on any atom is -0.481 e. The number of hydrogen-bond donors (Lipinski definition) is 1. The van der Waals surface area contributed by atoms with Crippen LogP contribution in [0.2, 0.25) is 0 Å². The van der Waals surface area contributed by atoms with Gasteiger partial charge in [-0.25, -0.2) is 0 Å². The third kappa shape index (κ3) is 2.33. The van der Waals surface area contributed by atoms with Gasteiger partial charge in [-0.3, -0.25) is 9.78 Å². The van der Waals surface area contributed by atoms with E-state index in [4.69, 9.17) is 4.52 Å². The summed E-state index contributed by atoms with van der Waals surface area (Å²) >= 11 is 1.43. The van der Waals surface area contributed by atoms with Gasteiger partial charge in [-0.1, -0.05) is 18.5 Å². The number of aliphatic carboxylic acids is 1. The van der Waals surface area contributed by atoms with Crippen LogP contribution < -0.4 is 0 Å². The zero-order valence-corrected chi connectivity index (χ0v) is 11.8. The number of hydrogen-bond acceptors (Lipinski definition) is 6. The Balaban J connectivity index is 1.86. The second-order valence-corrected chi connectivity index (χ2v) is 6.01. The van der Waals surface area contributed by atoms with Crippen LogP contribution in [-0.2, 0) is 4.79 Å². The van der Waals surface area contributed by atoms with Crippen LogP contribution in [0, 0.1) is 11.8 Å². The third-order valence-corrected chi connectivity index (χ3v) is 4.74. The molecule has 0 saturated heterocycles. The Bertz CT molecular complexity index is 596. The highest BCUT2D eigenvalue weighted by Gasteiger charge is 2.42. The third-order valence-electron chi connectivity index (χ3n) is 3.97. The van der Waals surface area contributed by atoms with Crippen molar-refractivity contribution < 1.29 is 14.4 Å². The van der Waals surface area contributed by atoms with E-state index in [2.05, 4.69) is 22.0 Å². The van der Waals surface area contributed by atoms with Gasteiger partial charge in [0, 0.05) is 6.20 Å². The highest BCUT2D eigenvalue weighted by Crippen LogP contribution is 2.44. The van der Waals surface area contributed by atoms with Gasteiger partial charge in [0.15, 0.2) is 0 Å². The van der Waals surface area contributed by atoms with Crippen molar-refractivity contribution in [1.29, 1.82) is 0 Å². The highest BCUT2D eigenvalue weighted by atomic mass is 32.1. The SMILES string of the molecule is CCC1CC(C(=O)O)C(c2nc(-c3cncs3)no2)C1. The maximum atomic E-state index is 11.4. The second-order valence-electron chi connectivity index (χ2n) is 5.12. The fraction of sp³-hybridized carbons (Fsp3) is 0.538. The molecule has 0 aromatic carbocycles. The number of thiazole rings is 1. The zero-order chi connectivity index (χ0) is 14.1. The number of nitrogens with zero attached hydrogens (tertiary/aromatic N) is 3. The molecular weight excluding hydrogens is 278 g/mol. The minimum absolute atomic E-state index is 0.174. The first-order valence-electron chi connectivity index (χ1n) is 6.64. The highest BCUT2D eigenvalue weighted by molar-refractivity contribution is 7.13. The van der Waals surface area contributed by atoms with Gasteiger partial charge >= 0.3 is 5.97 Å². The fourth-order valence-electron chi connectivity index (χ4n) is 2.83. The van der Waals surface area contributed by atoms with Gasteiger partial charge in [-0.05, 0) is 18.8 Å². The lowest BCUT2D eigenvalue weighted by Gasteiger charge is -2.09. The van der Waals surface area contributed by atoms with Gasteiger partial charge in [0.1, 0.15) is 0 Å². The summed E-state index contributed by atoms with van der Waals surface area (Å²) in [4.78, 5) is 20.6. The van der Waals surface area contributed by atoms with E-state index in [1.807, 2.05) is 0 Å². The van der Waals surface area contributed by atoms with Crippen LogP contribution in [-0.4, -0.2) is 26.2 Å². The van der Waals surface area contributed by atoms with Crippen LogP contribution in [0.4, 0.5) is 0 Å². The molecule has 0 radical (unpaired) electrons. The number of carboxylic acids is 1. The molecule has 3 atom stereocenters. The van der Waals surface area contributed by atoms with Gasteiger partial charge in [0.2, 0.25) is 11.7 Å². The number of rotatable bonds is 4. The Labute approximate surface area is 119 Å². The van der Waals surface area contributed by atoms with Gasteiger partial charge in [-0.2, -0.15) is 4.98 Å². The summed E-state index contributed by atoms with van der Waals surface area (Å²) in [6.45, 7) is 2.09. The second kappa shape index (κ2) is 5.32. The average Bonchev–Trinajstić information content (AvgIpc) is 3.17. The Kier molecular flexibility index (Phi) is 3.52. The topological polar surface area (TPSA) is 89.1 Å². The molecule has 1 aliphatic carbocycles. The summed E-state index contributed by atoms with van der Waals surface area (Å²) in [5.74, 6) is -0.0204. The van der Waals surface area contributed by atoms with Gasteiger partial charge in [0.05, 0.1) is 22.2 Å². The lowest BCUT2D eigenvalue weighted by Crippen LogP contribution is -2.17. The van der Waals surface area contributed by atoms with E-state index in [1.165, 1.54) is 11.3 Å². The predicted molar refractivity (Wildman–Crippen MR) is 72.3 cm³/mol. The van der Waals surface area contributed by atoms with E-state index in [9.17, 15) is 9.90 Å². The van der Waals surface area contributed by atoms with Crippen LogP contribution in [0.5, 0.6) is 0 Å². The lowest BCUT2D eigenvalue weighted by molar-refractivity contribution is -0.142. The quantitative estimate of drug-likeness (QED) is 0.932. The molecule has 7 heteroatoms. The van der Waals surface area contributed by atoms with E-state index in [0.29, 0.717) is 24.1 Å². The summed E-state index contributed by atoms with van der Waals surface area (Å²) in [5.41, 5.74) is 1.70. The standard InChI is InChI=1S/C13H15N3O3S/c1-2-7-3-8(9(4-7)13(17)18)12-15-11(16-19-12)10-5-14-6-20-10/h5-9H,2-4H2,1H3,(H,17,18). The molecule has 6 nitrogen and oxygen atoms in total. The van der Waals surface area contributed by atoms with E-state index in [1.54, 1.807) is 11.7 Å². The van der Waals surface area contributed by atoms with E-state index >= 15 is 0 Å². The van der Waals surface area contributed by atoms with Crippen LogP contribution in [0.1, 0.15) is 38.0 Å². The summed E-state index contributed by atoms with van der Waals surface area (Å²) in [7, 11) is 0. The molecule has 2 heterocycles. The van der Waals surface area contributed by atoms with Crippen molar-refractivity contribution in [2.45, 2.75) is 32.1 Å². The monoisotopic (exact) mass is 293 g/mol. The Morgan fingerprint density at radius 3 is 3.05 bits per heavy atom. The normalized spacial score (nSPS) is 25.9. The number of carbonyl (C=O) groups is 1. The Morgan fingerprint density at radius 2 is 2.40 bits per heavy atom. The molecule has 1 aliphatic rings. The van der Waals surface area contributed by atoms with E-state index in [0.717, 1.165) is 17.7 Å². The first kappa shape index (κ1) is 13.2. The Morgan fingerprint density at radius 1 is 1.55 bits per heavy atom. The maximum Gasteiger partial charge on any atom is 0.307 e. The average molecular weight is 293 g/mol. The summed E-state index contributed by atoms with van der Waals surface area (Å²) in [6, 6.07) is 0. The van der Waals surface area contributed by atoms with Crippen molar-refractivity contribution in [3.05, 3.63) is 17.6 Å². The molecule has 20 heavy (non-hydrogen) atoms. The van der Waals surface area contributed by atoms with E-state index < -0.39 is 11.9 Å². The van der Waals surface area contributed by atoms with Gasteiger partial charge < -0.3 is 9.63 Å². The molecule has 0 bridgehead atoms. The van der Waals surface area contributed by atoms with Crippen molar-refractivity contribution in [3.8, 4) is 10.7 Å². The molecule has 1 N–H and O–H groups in total. The summed E-state index contributed by atoms with van der Waals surface area (Å²) < 4.78 is 5.30. The fourth-order valence-corrected chi connectivity index (χ4v) is 3.38. The molecule has 1 fully saturated rings. The molecule has 0 spiro atoms. The lowest BCUT2D eigenvalue weighted by atomic mass is 9.96. The molecule has 3 unspecified atom stereocenters. The summed E-state index contributed by atoms with van der Waals surface area (Å²) in [6.07, 6.45) is 4.15.